The number of methoxy groups -OCH3 is 3. The van der Waals surface area contributed by atoms with Crippen molar-refractivity contribution in [2.24, 2.45) is 11.7 Å². The zero-order chi connectivity index (χ0) is 14.0. The van der Waals surface area contributed by atoms with Gasteiger partial charge >= 0.3 is 0 Å². The van der Waals surface area contributed by atoms with Crippen LogP contribution in [0.1, 0.15) is 24.4 Å². The summed E-state index contributed by atoms with van der Waals surface area (Å²) in [7, 11) is 4.67. The molecule has 1 fully saturated rings. The molecule has 3 N–H and O–H groups in total. The lowest BCUT2D eigenvalue weighted by Gasteiger charge is -2.21. The molecule has 0 unspecified atom stereocenters. The van der Waals surface area contributed by atoms with E-state index in [0.717, 1.165) is 18.4 Å². The van der Waals surface area contributed by atoms with Gasteiger partial charge in [-0.25, -0.2) is 0 Å². The third-order valence-electron chi connectivity index (χ3n) is 3.54. The molecular weight excluding hydrogens is 282 g/mol. The number of halogens is 1. The van der Waals surface area contributed by atoms with Crippen LogP contribution in [-0.2, 0) is 0 Å². The second-order valence-electron chi connectivity index (χ2n) is 4.81. The van der Waals surface area contributed by atoms with Crippen molar-refractivity contribution in [3.05, 3.63) is 17.7 Å². The molecule has 20 heavy (non-hydrogen) atoms. The van der Waals surface area contributed by atoms with Gasteiger partial charge in [0.1, 0.15) is 0 Å². The van der Waals surface area contributed by atoms with Crippen LogP contribution in [0.4, 0.5) is 0 Å². The molecule has 0 aliphatic heterocycles. The highest BCUT2D eigenvalue weighted by Gasteiger charge is 2.34. The largest absolute Gasteiger partial charge is 0.493 e. The van der Waals surface area contributed by atoms with Gasteiger partial charge in [-0.3, -0.25) is 0 Å². The van der Waals surface area contributed by atoms with Gasteiger partial charge in [-0.1, -0.05) is 0 Å². The first-order valence-electron chi connectivity index (χ1n) is 6.36. The Bertz CT molecular complexity index is 426. The quantitative estimate of drug-likeness (QED) is 0.839. The summed E-state index contributed by atoms with van der Waals surface area (Å²) in [5.74, 6) is 1.95. The maximum atomic E-state index is 10.1. The first-order valence-corrected chi connectivity index (χ1v) is 6.36. The van der Waals surface area contributed by atoms with Gasteiger partial charge in [0.25, 0.3) is 0 Å². The summed E-state index contributed by atoms with van der Waals surface area (Å²) in [4.78, 5) is 0. The number of hydrogen-bond donors (Lipinski definition) is 2. The van der Waals surface area contributed by atoms with Crippen molar-refractivity contribution in [1.29, 1.82) is 0 Å². The Morgan fingerprint density at radius 2 is 1.60 bits per heavy atom. The molecular formula is C14H22ClNO4. The summed E-state index contributed by atoms with van der Waals surface area (Å²) < 4.78 is 15.8. The van der Waals surface area contributed by atoms with Gasteiger partial charge in [-0.2, -0.15) is 0 Å². The van der Waals surface area contributed by atoms with E-state index >= 15 is 0 Å². The molecule has 1 aromatic carbocycles. The Balaban J connectivity index is 0.00000200. The molecule has 0 heterocycles. The topological polar surface area (TPSA) is 73.9 Å². The third-order valence-corrected chi connectivity index (χ3v) is 3.54. The van der Waals surface area contributed by atoms with E-state index in [1.807, 2.05) is 0 Å². The molecule has 2 rings (SSSR count). The molecule has 114 valence electrons. The second kappa shape index (κ2) is 7.02. The SMILES string of the molecule is COc1cc([C@H](N)[C@H](O)C2CC2)cc(OC)c1OC.Cl. The molecule has 0 spiro atoms. The zero-order valence-electron chi connectivity index (χ0n) is 12.0. The average molecular weight is 304 g/mol. The number of aliphatic hydroxyl groups excluding tert-OH is 1. The van der Waals surface area contributed by atoms with Crippen LogP contribution in [0.3, 0.4) is 0 Å². The monoisotopic (exact) mass is 303 g/mol. The number of ether oxygens (including phenoxy) is 3. The zero-order valence-corrected chi connectivity index (χ0v) is 12.8. The maximum absolute atomic E-state index is 10.1. The van der Waals surface area contributed by atoms with Gasteiger partial charge in [0.2, 0.25) is 5.75 Å². The van der Waals surface area contributed by atoms with Crippen LogP contribution in [0, 0.1) is 5.92 Å². The van der Waals surface area contributed by atoms with E-state index in [-0.39, 0.29) is 12.4 Å². The summed E-state index contributed by atoms with van der Waals surface area (Å²) >= 11 is 0. The summed E-state index contributed by atoms with van der Waals surface area (Å²) in [6.45, 7) is 0. The third kappa shape index (κ3) is 3.29. The van der Waals surface area contributed by atoms with Gasteiger partial charge in [0.05, 0.1) is 33.5 Å². The molecule has 0 radical (unpaired) electrons. The lowest BCUT2D eigenvalue weighted by molar-refractivity contribution is 0.122. The van der Waals surface area contributed by atoms with Gasteiger partial charge in [-0.15, -0.1) is 12.4 Å². The standard InChI is InChI=1S/C14H21NO4.ClH/c1-17-10-6-9(7-11(18-2)14(10)19-3)12(15)13(16)8-4-5-8;/h6-8,12-13,16H,4-5,15H2,1-3H3;1H/t12-,13+;/m0./s1. The predicted octanol–water partition coefficient (Wildman–Crippen LogP) is 1.90. The summed E-state index contributed by atoms with van der Waals surface area (Å²) in [5.41, 5.74) is 6.90. The number of hydrogen-bond acceptors (Lipinski definition) is 5. The molecule has 6 heteroatoms. The van der Waals surface area contributed by atoms with Crippen LogP contribution >= 0.6 is 12.4 Å². The molecule has 0 saturated heterocycles. The fourth-order valence-corrected chi connectivity index (χ4v) is 2.22. The number of rotatable bonds is 6. The van der Waals surface area contributed by atoms with Crippen molar-refractivity contribution >= 4 is 12.4 Å². The second-order valence-corrected chi connectivity index (χ2v) is 4.81. The Hall–Kier alpha value is -1.17. The average Bonchev–Trinajstić information content (AvgIpc) is 3.28. The van der Waals surface area contributed by atoms with Crippen molar-refractivity contribution in [2.75, 3.05) is 21.3 Å². The van der Waals surface area contributed by atoms with Crippen LogP contribution in [-0.4, -0.2) is 32.5 Å². The van der Waals surface area contributed by atoms with Gasteiger partial charge in [0.15, 0.2) is 11.5 Å². The molecule has 5 nitrogen and oxygen atoms in total. The van der Waals surface area contributed by atoms with Crippen LogP contribution in [0.25, 0.3) is 0 Å². The fraction of sp³-hybridized carbons (Fsp3) is 0.571. The van der Waals surface area contributed by atoms with E-state index in [0.29, 0.717) is 23.2 Å². The van der Waals surface area contributed by atoms with Gasteiger partial charge in [0, 0.05) is 0 Å². The van der Waals surface area contributed by atoms with E-state index in [1.54, 1.807) is 33.5 Å². The fourth-order valence-electron chi connectivity index (χ4n) is 2.22. The smallest absolute Gasteiger partial charge is 0.203 e. The van der Waals surface area contributed by atoms with E-state index < -0.39 is 12.1 Å². The molecule has 0 amide bonds. The molecule has 1 aliphatic carbocycles. The van der Waals surface area contributed by atoms with Crippen molar-refractivity contribution in [1.82, 2.24) is 0 Å². The van der Waals surface area contributed by atoms with E-state index in [1.165, 1.54) is 0 Å². The van der Waals surface area contributed by atoms with Crippen LogP contribution in [0.15, 0.2) is 12.1 Å². The number of nitrogens with two attached hydrogens (primary N) is 1. The van der Waals surface area contributed by atoms with Gasteiger partial charge in [-0.05, 0) is 36.5 Å². The minimum Gasteiger partial charge on any atom is -0.493 e. The molecule has 1 aliphatic rings. The molecule has 0 bridgehead atoms. The van der Waals surface area contributed by atoms with Crippen LogP contribution in [0.2, 0.25) is 0 Å². The number of aliphatic hydroxyl groups is 1. The van der Waals surface area contributed by atoms with E-state index in [4.69, 9.17) is 19.9 Å². The Kier molecular flexibility index (Phi) is 5.92. The van der Waals surface area contributed by atoms with Crippen molar-refractivity contribution in [2.45, 2.75) is 25.0 Å². The first kappa shape index (κ1) is 16.9. The molecule has 0 aromatic heterocycles. The Morgan fingerprint density at radius 1 is 1.10 bits per heavy atom. The van der Waals surface area contributed by atoms with Crippen molar-refractivity contribution in [3.8, 4) is 17.2 Å². The summed E-state index contributed by atoms with van der Waals surface area (Å²) in [6, 6.07) is 3.14. The summed E-state index contributed by atoms with van der Waals surface area (Å²) in [6.07, 6.45) is 1.56. The van der Waals surface area contributed by atoms with Crippen molar-refractivity contribution in [3.63, 3.8) is 0 Å². The maximum Gasteiger partial charge on any atom is 0.203 e. The highest BCUT2D eigenvalue weighted by Crippen LogP contribution is 2.42. The lowest BCUT2D eigenvalue weighted by atomic mass is 9.98. The van der Waals surface area contributed by atoms with Crippen LogP contribution < -0.4 is 19.9 Å². The highest BCUT2D eigenvalue weighted by atomic mass is 35.5. The Labute approximate surface area is 125 Å². The normalized spacial score (nSPS) is 16.9. The highest BCUT2D eigenvalue weighted by molar-refractivity contribution is 5.85. The molecule has 1 saturated carbocycles. The number of benzene rings is 1. The summed E-state index contributed by atoms with van der Waals surface area (Å²) in [5, 5.41) is 10.1. The predicted molar refractivity (Wildman–Crippen MR) is 79.0 cm³/mol. The van der Waals surface area contributed by atoms with Crippen LogP contribution in [0.5, 0.6) is 17.2 Å². The first-order chi connectivity index (χ1) is 9.12. The molecule has 1 aromatic rings. The van der Waals surface area contributed by atoms with E-state index in [2.05, 4.69) is 0 Å². The minimum atomic E-state index is -0.525. The van der Waals surface area contributed by atoms with Crippen molar-refractivity contribution < 1.29 is 19.3 Å². The molecule has 2 atom stereocenters. The van der Waals surface area contributed by atoms with E-state index in [9.17, 15) is 5.11 Å². The lowest BCUT2D eigenvalue weighted by Crippen LogP contribution is -2.27. The Morgan fingerprint density at radius 3 is 1.95 bits per heavy atom. The van der Waals surface area contributed by atoms with Gasteiger partial charge < -0.3 is 25.1 Å². The minimum absolute atomic E-state index is 0.